The van der Waals surface area contributed by atoms with Crippen molar-refractivity contribution in [2.24, 2.45) is 0 Å². The molecule has 110 valence electrons. The van der Waals surface area contributed by atoms with Crippen LogP contribution in [0.5, 0.6) is 5.75 Å². The maximum absolute atomic E-state index is 12.0. The fourth-order valence-corrected chi connectivity index (χ4v) is 2.89. The zero-order valence-electron chi connectivity index (χ0n) is 11.6. The second kappa shape index (κ2) is 6.46. The first kappa shape index (κ1) is 15.1. The number of hydrogen-bond donors (Lipinski definition) is 2. The van der Waals surface area contributed by atoms with Gasteiger partial charge in [0.05, 0.1) is 24.2 Å². The van der Waals surface area contributed by atoms with Crippen molar-refractivity contribution >= 4 is 23.2 Å². The quantitative estimate of drug-likeness (QED) is 0.896. The van der Waals surface area contributed by atoms with Crippen molar-refractivity contribution < 1.29 is 14.6 Å². The molecule has 4 nitrogen and oxygen atoms in total. The van der Waals surface area contributed by atoms with E-state index in [9.17, 15) is 9.90 Å². The largest absolute Gasteiger partial charge is 0.495 e. The Kier molecular flexibility index (Phi) is 4.89. The number of benzene rings is 1. The molecule has 1 amide bonds. The minimum absolute atomic E-state index is 0.136. The summed E-state index contributed by atoms with van der Waals surface area (Å²) >= 11 is 6.01. The van der Waals surface area contributed by atoms with Gasteiger partial charge in [0.2, 0.25) is 5.91 Å². The van der Waals surface area contributed by atoms with Crippen molar-refractivity contribution in [3.63, 3.8) is 0 Å². The topological polar surface area (TPSA) is 58.6 Å². The van der Waals surface area contributed by atoms with E-state index in [2.05, 4.69) is 5.32 Å². The van der Waals surface area contributed by atoms with Gasteiger partial charge in [-0.2, -0.15) is 0 Å². The molecule has 20 heavy (non-hydrogen) atoms. The molecule has 0 radical (unpaired) electrons. The number of aliphatic hydroxyl groups is 1. The van der Waals surface area contributed by atoms with Crippen LogP contribution in [0.2, 0.25) is 5.02 Å². The summed E-state index contributed by atoms with van der Waals surface area (Å²) < 4.78 is 5.06. The Labute approximate surface area is 124 Å². The first-order valence-corrected chi connectivity index (χ1v) is 7.26. The van der Waals surface area contributed by atoms with Crippen molar-refractivity contribution in [2.75, 3.05) is 12.4 Å². The monoisotopic (exact) mass is 297 g/mol. The van der Waals surface area contributed by atoms with E-state index in [0.29, 0.717) is 29.3 Å². The number of nitrogens with one attached hydrogen (secondary N) is 1. The van der Waals surface area contributed by atoms with Crippen LogP contribution in [-0.4, -0.2) is 23.7 Å². The number of carbonyl (C=O) groups excluding carboxylic acids is 1. The highest BCUT2D eigenvalue weighted by Crippen LogP contribution is 2.32. The van der Waals surface area contributed by atoms with E-state index in [1.54, 1.807) is 18.2 Å². The normalized spacial score (nSPS) is 17.6. The minimum Gasteiger partial charge on any atom is -0.495 e. The lowest BCUT2D eigenvalue weighted by Gasteiger charge is -2.31. The summed E-state index contributed by atoms with van der Waals surface area (Å²) in [6, 6.07) is 5.07. The van der Waals surface area contributed by atoms with Crippen molar-refractivity contribution in [1.82, 2.24) is 0 Å². The summed E-state index contributed by atoms with van der Waals surface area (Å²) in [7, 11) is 1.54. The third-order valence-electron chi connectivity index (χ3n) is 3.71. The third kappa shape index (κ3) is 3.87. The van der Waals surface area contributed by atoms with Crippen LogP contribution in [-0.2, 0) is 4.79 Å². The molecule has 1 aliphatic carbocycles. The van der Waals surface area contributed by atoms with Crippen molar-refractivity contribution in [3.05, 3.63) is 23.2 Å². The highest BCUT2D eigenvalue weighted by molar-refractivity contribution is 6.32. The molecule has 1 aromatic rings. The SMILES string of the molecule is COc1ccc(NC(=O)CC2(O)CCCCC2)cc1Cl. The Balaban J connectivity index is 1.95. The zero-order chi connectivity index (χ0) is 14.6. The zero-order valence-corrected chi connectivity index (χ0v) is 12.4. The average molecular weight is 298 g/mol. The smallest absolute Gasteiger partial charge is 0.227 e. The predicted molar refractivity (Wildman–Crippen MR) is 79.3 cm³/mol. The number of rotatable bonds is 4. The molecule has 1 aromatic carbocycles. The second-order valence-corrected chi connectivity index (χ2v) is 5.77. The van der Waals surface area contributed by atoms with Crippen LogP contribution < -0.4 is 10.1 Å². The van der Waals surface area contributed by atoms with E-state index in [1.807, 2.05) is 0 Å². The van der Waals surface area contributed by atoms with E-state index in [-0.39, 0.29) is 12.3 Å². The summed E-state index contributed by atoms with van der Waals surface area (Å²) in [5, 5.41) is 13.6. The lowest BCUT2D eigenvalue weighted by molar-refractivity contribution is -0.122. The fraction of sp³-hybridized carbons (Fsp3) is 0.533. The highest BCUT2D eigenvalue weighted by Gasteiger charge is 2.31. The average Bonchev–Trinajstić information content (AvgIpc) is 2.39. The van der Waals surface area contributed by atoms with Crippen LogP contribution in [0.1, 0.15) is 38.5 Å². The van der Waals surface area contributed by atoms with E-state index >= 15 is 0 Å². The molecule has 5 heteroatoms. The van der Waals surface area contributed by atoms with E-state index < -0.39 is 5.60 Å². The van der Waals surface area contributed by atoms with Crippen LogP contribution in [0.25, 0.3) is 0 Å². The molecule has 0 aromatic heterocycles. The van der Waals surface area contributed by atoms with Gasteiger partial charge in [0.25, 0.3) is 0 Å². The number of ether oxygens (including phenoxy) is 1. The van der Waals surface area contributed by atoms with Gasteiger partial charge in [-0.25, -0.2) is 0 Å². The van der Waals surface area contributed by atoms with Gasteiger partial charge in [-0.15, -0.1) is 0 Å². The molecule has 0 bridgehead atoms. The fourth-order valence-electron chi connectivity index (χ4n) is 2.63. The molecule has 0 saturated heterocycles. The van der Waals surface area contributed by atoms with Gasteiger partial charge in [-0.1, -0.05) is 30.9 Å². The Hall–Kier alpha value is -1.26. The second-order valence-electron chi connectivity index (χ2n) is 5.36. The maximum Gasteiger partial charge on any atom is 0.227 e. The van der Waals surface area contributed by atoms with Crippen LogP contribution >= 0.6 is 11.6 Å². The molecule has 2 N–H and O–H groups in total. The molecule has 0 spiro atoms. The lowest BCUT2D eigenvalue weighted by Crippen LogP contribution is -2.35. The molecular weight excluding hydrogens is 278 g/mol. The Bertz CT molecular complexity index is 484. The van der Waals surface area contributed by atoms with Crippen LogP contribution in [0, 0.1) is 0 Å². The first-order valence-electron chi connectivity index (χ1n) is 6.88. The van der Waals surface area contributed by atoms with E-state index in [0.717, 1.165) is 19.3 Å². The molecule has 1 aliphatic rings. The summed E-state index contributed by atoms with van der Waals surface area (Å²) in [5.74, 6) is 0.381. The Morgan fingerprint density at radius 2 is 2.10 bits per heavy atom. The van der Waals surface area contributed by atoms with Gasteiger partial charge in [0.15, 0.2) is 0 Å². The van der Waals surface area contributed by atoms with Crippen molar-refractivity contribution in [3.8, 4) is 5.75 Å². The predicted octanol–water partition coefficient (Wildman–Crippen LogP) is 3.37. The number of hydrogen-bond acceptors (Lipinski definition) is 3. The Morgan fingerprint density at radius 1 is 1.40 bits per heavy atom. The van der Waals surface area contributed by atoms with Gasteiger partial charge in [-0.05, 0) is 31.0 Å². The molecule has 1 saturated carbocycles. The van der Waals surface area contributed by atoms with Crippen LogP contribution in [0.15, 0.2) is 18.2 Å². The molecule has 0 unspecified atom stereocenters. The van der Waals surface area contributed by atoms with Gasteiger partial charge in [-0.3, -0.25) is 4.79 Å². The highest BCUT2D eigenvalue weighted by atomic mass is 35.5. The van der Waals surface area contributed by atoms with E-state index in [1.165, 1.54) is 7.11 Å². The number of anilines is 1. The number of carbonyl (C=O) groups is 1. The minimum atomic E-state index is -0.849. The van der Waals surface area contributed by atoms with Gasteiger partial charge < -0.3 is 15.2 Å². The Morgan fingerprint density at radius 3 is 2.70 bits per heavy atom. The third-order valence-corrected chi connectivity index (χ3v) is 4.00. The maximum atomic E-state index is 12.0. The van der Waals surface area contributed by atoms with Gasteiger partial charge in [0, 0.05) is 5.69 Å². The van der Waals surface area contributed by atoms with Crippen LogP contribution in [0.3, 0.4) is 0 Å². The number of halogens is 1. The van der Waals surface area contributed by atoms with Gasteiger partial charge >= 0.3 is 0 Å². The lowest BCUT2D eigenvalue weighted by atomic mass is 9.82. The molecule has 0 atom stereocenters. The summed E-state index contributed by atoms with van der Waals surface area (Å²) in [6.07, 6.45) is 4.64. The molecule has 0 heterocycles. The standard InChI is InChI=1S/C15H20ClNO3/c1-20-13-6-5-11(9-12(13)16)17-14(18)10-15(19)7-3-2-4-8-15/h5-6,9,19H,2-4,7-8,10H2,1H3,(H,17,18). The van der Waals surface area contributed by atoms with Gasteiger partial charge in [0.1, 0.15) is 5.75 Å². The van der Waals surface area contributed by atoms with Crippen LogP contribution in [0.4, 0.5) is 5.69 Å². The first-order chi connectivity index (χ1) is 9.52. The van der Waals surface area contributed by atoms with E-state index in [4.69, 9.17) is 16.3 Å². The summed E-state index contributed by atoms with van der Waals surface area (Å²) in [6.45, 7) is 0. The summed E-state index contributed by atoms with van der Waals surface area (Å²) in [5.41, 5.74) is -0.237. The molecule has 0 aliphatic heterocycles. The molecular formula is C15H20ClNO3. The number of amides is 1. The number of methoxy groups -OCH3 is 1. The molecule has 2 rings (SSSR count). The van der Waals surface area contributed by atoms with Crippen molar-refractivity contribution in [2.45, 2.75) is 44.1 Å². The van der Waals surface area contributed by atoms with Crippen molar-refractivity contribution in [1.29, 1.82) is 0 Å². The summed E-state index contributed by atoms with van der Waals surface area (Å²) in [4.78, 5) is 12.0. The molecule has 1 fully saturated rings.